The van der Waals surface area contributed by atoms with Crippen molar-refractivity contribution < 1.29 is 9.21 Å². The molecule has 1 fully saturated rings. The summed E-state index contributed by atoms with van der Waals surface area (Å²) in [6.07, 6.45) is 2.29. The molecule has 1 aromatic carbocycles. The molecular weight excluding hydrogens is 338 g/mol. The van der Waals surface area contributed by atoms with Gasteiger partial charge >= 0.3 is 5.63 Å². The van der Waals surface area contributed by atoms with E-state index in [0.717, 1.165) is 31.3 Å². The highest BCUT2D eigenvalue weighted by Gasteiger charge is 2.17. The van der Waals surface area contributed by atoms with Gasteiger partial charge in [0.05, 0.1) is 17.8 Å². The number of nitrogens with one attached hydrogen (secondary N) is 1. The number of carbonyl (C=O) groups is 1. The summed E-state index contributed by atoms with van der Waals surface area (Å²) in [5, 5.41) is 5.90. The third kappa shape index (κ3) is 3.47. The standard InChI is InChI=1S/C18H17N3O3S/c22-16(10-21-7-3-4-8-21)20-18-19-14(11-25-18)13-9-12-5-1-2-6-15(12)24-17(13)23/h1-2,5-6,9,11H,3-4,7-8,10H2,(H,19,20,22). The van der Waals surface area contributed by atoms with Crippen molar-refractivity contribution in [2.45, 2.75) is 12.8 Å². The number of likely N-dealkylation sites (tertiary alicyclic amines) is 1. The van der Waals surface area contributed by atoms with E-state index in [1.165, 1.54) is 11.3 Å². The highest BCUT2D eigenvalue weighted by atomic mass is 32.1. The molecule has 6 nitrogen and oxygen atoms in total. The van der Waals surface area contributed by atoms with Gasteiger partial charge in [-0.2, -0.15) is 0 Å². The summed E-state index contributed by atoms with van der Waals surface area (Å²) in [6, 6.07) is 9.11. The number of hydrogen-bond donors (Lipinski definition) is 1. The summed E-state index contributed by atoms with van der Waals surface area (Å²) < 4.78 is 5.34. The molecule has 1 aliphatic rings. The Hall–Kier alpha value is -2.51. The largest absolute Gasteiger partial charge is 0.422 e. The first-order chi connectivity index (χ1) is 12.2. The minimum Gasteiger partial charge on any atom is -0.422 e. The lowest BCUT2D eigenvalue weighted by Crippen LogP contribution is -2.30. The number of aromatic nitrogens is 1. The number of thiazole rings is 1. The summed E-state index contributed by atoms with van der Waals surface area (Å²) >= 11 is 1.30. The van der Waals surface area contributed by atoms with E-state index in [2.05, 4.69) is 15.2 Å². The van der Waals surface area contributed by atoms with E-state index in [9.17, 15) is 9.59 Å². The van der Waals surface area contributed by atoms with Gasteiger partial charge in [-0.3, -0.25) is 9.69 Å². The lowest BCUT2D eigenvalue weighted by Gasteiger charge is -2.12. The van der Waals surface area contributed by atoms with E-state index in [-0.39, 0.29) is 5.91 Å². The number of amides is 1. The van der Waals surface area contributed by atoms with Crippen molar-refractivity contribution in [3.8, 4) is 11.3 Å². The van der Waals surface area contributed by atoms with Crippen LogP contribution >= 0.6 is 11.3 Å². The first-order valence-corrected chi connectivity index (χ1v) is 9.08. The zero-order valence-corrected chi connectivity index (χ0v) is 14.3. The molecule has 128 valence electrons. The second kappa shape index (κ2) is 6.78. The molecule has 2 aromatic heterocycles. The van der Waals surface area contributed by atoms with Crippen LogP contribution in [0.3, 0.4) is 0 Å². The van der Waals surface area contributed by atoms with E-state index < -0.39 is 5.63 Å². The van der Waals surface area contributed by atoms with Gasteiger partial charge in [0.2, 0.25) is 5.91 Å². The zero-order valence-electron chi connectivity index (χ0n) is 13.5. The van der Waals surface area contributed by atoms with Crippen molar-refractivity contribution in [1.82, 2.24) is 9.88 Å². The van der Waals surface area contributed by atoms with Gasteiger partial charge in [-0.15, -0.1) is 11.3 Å². The van der Waals surface area contributed by atoms with Crippen LogP contribution in [-0.4, -0.2) is 35.4 Å². The molecule has 0 saturated carbocycles. The second-order valence-electron chi connectivity index (χ2n) is 6.05. The highest BCUT2D eigenvalue weighted by Crippen LogP contribution is 2.25. The van der Waals surface area contributed by atoms with Gasteiger partial charge in [0.25, 0.3) is 0 Å². The van der Waals surface area contributed by atoms with Crippen LogP contribution in [0, 0.1) is 0 Å². The maximum Gasteiger partial charge on any atom is 0.345 e. The lowest BCUT2D eigenvalue weighted by molar-refractivity contribution is -0.117. The van der Waals surface area contributed by atoms with E-state index in [1.54, 1.807) is 17.5 Å². The van der Waals surface area contributed by atoms with Crippen LogP contribution < -0.4 is 10.9 Å². The molecule has 1 aliphatic heterocycles. The third-order valence-corrected chi connectivity index (χ3v) is 4.99. The molecule has 0 unspecified atom stereocenters. The minimum absolute atomic E-state index is 0.0756. The van der Waals surface area contributed by atoms with Crippen LogP contribution in [0.1, 0.15) is 12.8 Å². The number of rotatable bonds is 4. The maximum atomic E-state index is 12.2. The van der Waals surface area contributed by atoms with Crippen molar-refractivity contribution in [2.75, 3.05) is 25.0 Å². The van der Waals surface area contributed by atoms with Crippen LogP contribution in [0.4, 0.5) is 5.13 Å². The molecule has 0 radical (unpaired) electrons. The molecule has 4 rings (SSSR count). The summed E-state index contributed by atoms with van der Waals surface area (Å²) in [5.74, 6) is -0.0756. The zero-order chi connectivity index (χ0) is 17.2. The van der Waals surface area contributed by atoms with Gasteiger partial charge in [-0.05, 0) is 38.1 Å². The normalized spacial score (nSPS) is 14.9. The van der Waals surface area contributed by atoms with Gasteiger partial charge in [0, 0.05) is 10.8 Å². The van der Waals surface area contributed by atoms with Crippen LogP contribution in [0.15, 0.2) is 44.9 Å². The van der Waals surface area contributed by atoms with Crippen LogP contribution in [-0.2, 0) is 4.79 Å². The first kappa shape index (κ1) is 16.0. The SMILES string of the molecule is O=C(CN1CCCC1)Nc1nc(-c2cc3ccccc3oc2=O)cs1. The van der Waals surface area contributed by atoms with Crippen molar-refractivity contribution in [3.63, 3.8) is 0 Å². The minimum atomic E-state index is -0.432. The van der Waals surface area contributed by atoms with E-state index in [1.807, 2.05) is 18.2 Å². The van der Waals surface area contributed by atoms with Gasteiger partial charge < -0.3 is 9.73 Å². The molecule has 1 N–H and O–H groups in total. The predicted molar refractivity (Wildman–Crippen MR) is 97.9 cm³/mol. The topological polar surface area (TPSA) is 75.4 Å². The number of para-hydroxylation sites is 1. The number of anilines is 1. The Bertz CT molecular complexity index is 973. The number of nitrogens with zero attached hydrogens (tertiary/aromatic N) is 2. The van der Waals surface area contributed by atoms with Gasteiger partial charge in [0.15, 0.2) is 5.13 Å². The van der Waals surface area contributed by atoms with E-state index in [0.29, 0.717) is 28.5 Å². The number of hydrogen-bond acceptors (Lipinski definition) is 6. The molecule has 7 heteroatoms. The Kier molecular flexibility index (Phi) is 4.33. The fourth-order valence-electron chi connectivity index (χ4n) is 3.00. The maximum absolute atomic E-state index is 12.2. The molecule has 25 heavy (non-hydrogen) atoms. The number of fused-ring (bicyclic) bond motifs is 1. The fraction of sp³-hybridized carbons (Fsp3) is 0.278. The fourth-order valence-corrected chi connectivity index (χ4v) is 3.72. The smallest absolute Gasteiger partial charge is 0.345 e. The lowest BCUT2D eigenvalue weighted by atomic mass is 10.1. The molecule has 0 aliphatic carbocycles. The molecule has 1 amide bonds. The Morgan fingerprint density at radius 1 is 1.28 bits per heavy atom. The average molecular weight is 355 g/mol. The van der Waals surface area contributed by atoms with Crippen molar-refractivity contribution in [3.05, 3.63) is 46.1 Å². The average Bonchev–Trinajstić information content (AvgIpc) is 3.26. The van der Waals surface area contributed by atoms with Crippen molar-refractivity contribution >= 4 is 33.3 Å². The van der Waals surface area contributed by atoms with Crippen molar-refractivity contribution in [2.24, 2.45) is 0 Å². The van der Waals surface area contributed by atoms with E-state index >= 15 is 0 Å². The van der Waals surface area contributed by atoms with Crippen molar-refractivity contribution in [1.29, 1.82) is 0 Å². The molecule has 0 bridgehead atoms. The summed E-state index contributed by atoms with van der Waals surface area (Å²) in [6.45, 7) is 2.32. The Morgan fingerprint density at radius 3 is 2.92 bits per heavy atom. The molecule has 1 saturated heterocycles. The molecular formula is C18H17N3O3S. The van der Waals surface area contributed by atoms with E-state index in [4.69, 9.17) is 4.42 Å². The summed E-state index contributed by atoms with van der Waals surface area (Å²) in [7, 11) is 0. The monoisotopic (exact) mass is 355 g/mol. The van der Waals surface area contributed by atoms with Crippen LogP contribution in [0.2, 0.25) is 0 Å². The summed E-state index contributed by atoms with van der Waals surface area (Å²) in [4.78, 5) is 30.8. The quantitative estimate of drug-likeness (QED) is 0.728. The second-order valence-corrected chi connectivity index (χ2v) is 6.91. The predicted octanol–water partition coefficient (Wildman–Crippen LogP) is 2.95. The van der Waals surface area contributed by atoms with Gasteiger partial charge in [0.1, 0.15) is 5.58 Å². The van der Waals surface area contributed by atoms with Crippen LogP contribution in [0.25, 0.3) is 22.2 Å². The Morgan fingerprint density at radius 2 is 2.08 bits per heavy atom. The van der Waals surface area contributed by atoms with Crippen LogP contribution in [0.5, 0.6) is 0 Å². The Labute approximate surface area is 148 Å². The molecule has 3 heterocycles. The number of carbonyl (C=O) groups excluding carboxylic acids is 1. The highest BCUT2D eigenvalue weighted by molar-refractivity contribution is 7.14. The molecule has 0 atom stereocenters. The van der Waals surface area contributed by atoms with Gasteiger partial charge in [-0.25, -0.2) is 9.78 Å². The molecule has 0 spiro atoms. The number of benzene rings is 1. The first-order valence-electron chi connectivity index (χ1n) is 8.20. The van der Waals surface area contributed by atoms with Gasteiger partial charge in [-0.1, -0.05) is 18.2 Å². The molecule has 3 aromatic rings. The third-order valence-electron chi connectivity index (χ3n) is 4.23. The Balaban J connectivity index is 1.53. The summed E-state index contributed by atoms with van der Waals surface area (Å²) in [5.41, 5.74) is 1.03.